The third kappa shape index (κ3) is 4.14. The maximum absolute atomic E-state index is 13.4. The van der Waals surface area contributed by atoms with Crippen molar-refractivity contribution in [3.8, 4) is 22.8 Å². The third-order valence-corrected chi connectivity index (χ3v) is 5.64. The highest BCUT2D eigenvalue weighted by Gasteiger charge is 2.22. The minimum atomic E-state index is -0.372. The molecule has 1 aromatic carbocycles. The number of rotatable bonds is 6. The summed E-state index contributed by atoms with van der Waals surface area (Å²) in [6.45, 7) is 5.47. The van der Waals surface area contributed by atoms with Gasteiger partial charge in [0.05, 0.1) is 25.2 Å². The van der Waals surface area contributed by atoms with E-state index in [0.29, 0.717) is 36.5 Å². The van der Waals surface area contributed by atoms with Crippen molar-refractivity contribution in [2.45, 2.75) is 25.8 Å². The number of nitrogens with zero attached hydrogens (tertiary/aromatic N) is 4. The Labute approximate surface area is 189 Å². The molecule has 4 aromatic rings. The Bertz CT molecular complexity index is 1270. The molecule has 1 aliphatic heterocycles. The van der Waals surface area contributed by atoms with E-state index in [9.17, 15) is 9.18 Å². The van der Waals surface area contributed by atoms with Gasteiger partial charge in [0.2, 0.25) is 0 Å². The molecule has 168 valence electrons. The van der Waals surface area contributed by atoms with Crippen LogP contribution in [-0.4, -0.2) is 43.6 Å². The number of hydrogen-bond acceptors (Lipinski definition) is 5. The maximum atomic E-state index is 13.4. The average molecular weight is 446 g/mol. The molecule has 0 unspecified atom stereocenters. The number of aromatic nitrogens is 5. The predicted octanol–water partition coefficient (Wildman–Crippen LogP) is 4.42. The van der Waals surface area contributed by atoms with Gasteiger partial charge in [0.25, 0.3) is 5.91 Å². The Kier molecular flexibility index (Phi) is 5.47. The SMILES string of the molecule is CC(C)n1cnc(-c2ccc(F)cc2)c1-c1nc(C(=O)Nc2ccc(C3COC3)cn2)c[nH]1. The Morgan fingerprint density at radius 1 is 1.18 bits per heavy atom. The van der Waals surface area contributed by atoms with Crippen LogP contribution in [0.2, 0.25) is 0 Å². The van der Waals surface area contributed by atoms with Crippen molar-refractivity contribution < 1.29 is 13.9 Å². The predicted molar refractivity (Wildman–Crippen MR) is 121 cm³/mol. The van der Waals surface area contributed by atoms with Gasteiger partial charge in [-0.1, -0.05) is 6.07 Å². The van der Waals surface area contributed by atoms with Gasteiger partial charge in [0.15, 0.2) is 5.82 Å². The van der Waals surface area contributed by atoms with E-state index < -0.39 is 0 Å². The number of pyridine rings is 1. The molecule has 0 spiro atoms. The van der Waals surface area contributed by atoms with E-state index in [1.165, 1.54) is 12.1 Å². The first kappa shape index (κ1) is 21.0. The fraction of sp³-hybridized carbons (Fsp3) is 0.250. The number of amides is 1. The van der Waals surface area contributed by atoms with Crippen LogP contribution in [0.5, 0.6) is 0 Å². The van der Waals surface area contributed by atoms with Crippen molar-refractivity contribution in [3.05, 3.63) is 72.2 Å². The number of H-pyrrole nitrogens is 1. The molecule has 33 heavy (non-hydrogen) atoms. The van der Waals surface area contributed by atoms with E-state index in [1.54, 1.807) is 36.9 Å². The Balaban J connectivity index is 1.40. The number of hydrogen-bond donors (Lipinski definition) is 2. The number of carbonyl (C=O) groups is 1. The Morgan fingerprint density at radius 2 is 1.97 bits per heavy atom. The first-order valence-electron chi connectivity index (χ1n) is 10.7. The van der Waals surface area contributed by atoms with E-state index in [0.717, 1.165) is 16.8 Å². The lowest BCUT2D eigenvalue weighted by Crippen LogP contribution is -2.25. The minimum absolute atomic E-state index is 0.104. The number of aromatic amines is 1. The molecular formula is C24H23FN6O2. The van der Waals surface area contributed by atoms with E-state index in [4.69, 9.17) is 4.74 Å². The summed E-state index contributed by atoms with van der Waals surface area (Å²) in [5, 5.41) is 2.78. The summed E-state index contributed by atoms with van der Waals surface area (Å²) in [4.78, 5) is 29.2. The van der Waals surface area contributed by atoms with E-state index >= 15 is 0 Å². The molecule has 0 radical (unpaired) electrons. The van der Waals surface area contributed by atoms with E-state index in [1.807, 2.05) is 24.5 Å². The molecule has 0 atom stereocenters. The highest BCUT2D eigenvalue weighted by molar-refractivity contribution is 6.02. The van der Waals surface area contributed by atoms with Gasteiger partial charge < -0.3 is 19.6 Å². The van der Waals surface area contributed by atoms with Crippen LogP contribution in [0.4, 0.5) is 10.2 Å². The van der Waals surface area contributed by atoms with Crippen molar-refractivity contribution in [3.63, 3.8) is 0 Å². The molecule has 1 saturated heterocycles. The number of imidazole rings is 2. The highest BCUT2D eigenvalue weighted by Crippen LogP contribution is 2.32. The van der Waals surface area contributed by atoms with Gasteiger partial charge in [-0.15, -0.1) is 0 Å². The molecule has 2 N–H and O–H groups in total. The number of nitrogens with one attached hydrogen (secondary N) is 2. The number of ether oxygens (including phenoxy) is 1. The van der Waals surface area contributed by atoms with Crippen molar-refractivity contribution in [1.29, 1.82) is 0 Å². The molecular weight excluding hydrogens is 423 g/mol. The highest BCUT2D eigenvalue weighted by atomic mass is 19.1. The van der Waals surface area contributed by atoms with Gasteiger partial charge in [0, 0.05) is 29.9 Å². The standard InChI is InChI=1S/C24H23FN6O2/c1-14(2)31-13-28-21(15-3-6-18(25)7-4-15)22(31)23-27-10-19(29-23)24(32)30-20-8-5-16(9-26-20)17-11-33-12-17/h3-10,13-14,17H,11-12H2,1-2H3,(H,27,29)(H,26,30,32). The first-order valence-corrected chi connectivity index (χ1v) is 10.7. The quantitative estimate of drug-likeness (QED) is 0.457. The molecule has 9 heteroatoms. The molecule has 1 aliphatic rings. The molecule has 1 fully saturated rings. The van der Waals surface area contributed by atoms with Crippen molar-refractivity contribution in [1.82, 2.24) is 24.5 Å². The smallest absolute Gasteiger partial charge is 0.277 e. The van der Waals surface area contributed by atoms with Crippen LogP contribution in [0.25, 0.3) is 22.8 Å². The average Bonchev–Trinajstić information content (AvgIpc) is 3.41. The molecule has 5 rings (SSSR count). The van der Waals surface area contributed by atoms with Crippen LogP contribution in [0.15, 0.2) is 55.1 Å². The summed E-state index contributed by atoms with van der Waals surface area (Å²) in [5.41, 5.74) is 3.46. The third-order valence-electron chi connectivity index (χ3n) is 5.64. The second kappa shape index (κ2) is 8.59. The fourth-order valence-corrected chi connectivity index (χ4v) is 3.69. The van der Waals surface area contributed by atoms with Crippen molar-refractivity contribution in [2.75, 3.05) is 18.5 Å². The van der Waals surface area contributed by atoms with Crippen LogP contribution in [0, 0.1) is 5.82 Å². The van der Waals surface area contributed by atoms with Gasteiger partial charge in [-0.2, -0.15) is 0 Å². The van der Waals surface area contributed by atoms with Gasteiger partial charge in [-0.3, -0.25) is 4.79 Å². The molecule has 0 bridgehead atoms. The monoisotopic (exact) mass is 446 g/mol. The summed E-state index contributed by atoms with van der Waals surface area (Å²) in [5.74, 6) is 0.635. The molecule has 8 nitrogen and oxygen atoms in total. The normalized spacial score (nSPS) is 13.8. The zero-order chi connectivity index (χ0) is 22.9. The van der Waals surface area contributed by atoms with Gasteiger partial charge in [-0.25, -0.2) is 19.3 Å². The van der Waals surface area contributed by atoms with Crippen molar-refractivity contribution >= 4 is 11.7 Å². The molecule has 0 aliphatic carbocycles. The fourth-order valence-electron chi connectivity index (χ4n) is 3.69. The molecule has 0 saturated carbocycles. The summed E-state index contributed by atoms with van der Waals surface area (Å²) < 4.78 is 20.6. The van der Waals surface area contributed by atoms with E-state index in [2.05, 4.69) is 25.3 Å². The van der Waals surface area contributed by atoms with E-state index in [-0.39, 0.29) is 23.5 Å². The van der Waals surface area contributed by atoms with Gasteiger partial charge in [0.1, 0.15) is 23.0 Å². The Morgan fingerprint density at radius 3 is 2.61 bits per heavy atom. The summed E-state index contributed by atoms with van der Waals surface area (Å²) in [7, 11) is 0. The maximum Gasteiger partial charge on any atom is 0.277 e. The summed E-state index contributed by atoms with van der Waals surface area (Å²) in [6.07, 6.45) is 5.03. The van der Waals surface area contributed by atoms with Crippen LogP contribution >= 0.6 is 0 Å². The van der Waals surface area contributed by atoms with Crippen molar-refractivity contribution in [2.24, 2.45) is 0 Å². The minimum Gasteiger partial charge on any atom is -0.380 e. The summed E-state index contributed by atoms with van der Waals surface area (Å²) in [6, 6.07) is 9.96. The zero-order valence-corrected chi connectivity index (χ0v) is 18.2. The van der Waals surface area contributed by atoms with Crippen LogP contribution in [0.3, 0.4) is 0 Å². The number of halogens is 1. The number of anilines is 1. The zero-order valence-electron chi connectivity index (χ0n) is 18.2. The second-order valence-corrected chi connectivity index (χ2v) is 8.25. The lowest BCUT2D eigenvalue weighted by molar-refractivity contribution is 0.00830. The van der Waals surface area contributed by atoms with Crippen LogP contribution in [-0.2, 0) is 4.74 Å². The lowest BCUT2D eigenvalue weighted by Gasteiger charge is -2.25. The lowest BCUT2D eigenvalue weighted by atomic mass is 10.00. The van der Waals surface area contributed by atoms with Crippen LogP contribution in [0.1, 0.15) is 41.9 Å². The first-order chi connectivity index (χ1) is 16.0. The topological polar surface area (TPSA) is 97.7 Å². The molecule has 4 heterocycles. The van der Waals surface area contributed by atoms with Crippen LogP contribution < -0.4 is 5.32 Å². The van der Waals surface area contributed by atoms with Gasteiger partial charge >= 0.3 is 0 Å². The Hall–Kier alpha value is -3.85. The second-order valence-electron chi connectivity index (χ2n) is 8.25. The summed E-state index contributed by atoms with van der Waals surface area (Å²) >= 11 is 0. The molecule has 3 aromatic heterocycles. The number of carbonyl (C=O) groups excluding carboxylic acids is 1. The molecule has 1 amide bonds. The largest absolute Gasteiger partial charge is 0.380 e. The van der Waals surface area contributed by atoms with Gasteiger partial charge in [-0.05, 0) is 49.7 Å². The number of benzene rings is 1.